The number of nitrogens with two attached hydrogens (primary N) is 1. The molecule has 6 heteroatoms. The molecular formula is C15H13ClFNO3. The molecular weight excluding hydrogens is 297 g/mol. The number of hydrogen-bond acceptors (Lipinski definition) is 4. The summed E-state index contributed by atoms with van der Waals surface area (Å²) in [5, 5.41) is -0.0237. The van der Waals surface area contributed by atoms with Crippen LogP contribution in [0.25, 0.3) is 0 Å². The van der Waals surface area contributed by atoms with E-state index in [2.05, 4.69) is 0 Å². The average molecular weight is 310 g/mol. The Morgan fingerprint density at radius 2 is 2.05 bits per heavy atom. The maximum atomic E-state index is 13.0. The lowest BCUT2D eigenvalue weighted by atomic mass is 10.1. The van der Waals surface area contributed by atoms with E-state index in [0.29, 0.717) is 11.3 Å². The number of carbonyl (C=O) groups excluding carboxylic acids is 1. The second kappa shape index (κ2) is 6.45. The number of benzene rings is 2. The van der Waals surface area contributed by atoms with Crippen molar-refractivity contribution < 1.29 is 18.7 Å². The smallest absolute Gasteiger partial charge is 0.340 e. The van der Waals surface area contributed by atoms with Crippen LogP contribution in [0.1, 0.15) is 15.9 Å². The van der Waals surface area contributed by atoms with Gasteiger partial charge < -0.3 is 15.2 Å². The second-order valence-corrected chi connectivity index (χ2v) is 4.68. The molecule has 0 unspecified atom stereocenters. The fraction of sp³-hybridized carbons (Fsp3) is 0.133. The number of carbonyl (C=O) groups is 1. The summed E-state index contributed by atoms with van der Waals surface area (Å²) in [6.45, 7) is -0.0323. The van der Waals surface area contributed by atoms with Crippen molar-refractivity contribution in [2.45, 2.75) is 6.61 Å². The summed E-state index contributed by atoms with van der Waals surface area (Å²) in [4.78, 5) is 12.0. The Bertz CT molecular complexity index is 676. The molecule has 0 aliphatic heterocycles. The van der Waals surface area contributed by atoms with Crippen molar-refractivity contribution in [2.75, 3.05) is 12.8 Å². The van der Waals surface area contributed by atoms with Gasteiger partial charge in [-0.1, -0.05) is 17.7 Å². The van der Waals surface area contributed by atoms with Gasteiger partial charge in [0.2, 0.25) is 0 Å². The Morgan fingerprint density at radius 3 is 2.71 bits per heavy atom. The number of nitrogen functional groups attached to an aromatic ring is 1. The van der Waals surface area contributed by atoms with E-state index in [1.54, 1.807) is 12.1 Å². The molecule has 0 fully saturated rings. The first-order chi connectivity index (χ1) is 10.0. The molecule has 0 heterocycles. The molecule has 0 saturated carbocycles. The van der Waals surface area contributed by atoms with Crippen LogP contribution in [0.4, 0.5) is 10.1 Å². The number of ether oxygens (including phenoxy) is 2. The molecule has 0 radical (unpaired) electrons. The predicted molar refractivity (Wildman–Crippen MR) is 77.9 cm³/mol. The van der Waals surface area contributed by atoms with E-state index in [1.165, 1.54) is 31.4 Å². The number of halogens is 2. The summed E-state index contributed by atoms with van der Waals surface area (Å²) in [6, 6.07) is 8.80. The summed E-state index contributed by atoms with van der Waals surface area (Å²) in [5.74, 6) is -0.614. The van der Waals surface area contributed by atoms with E-state index in [9.17, 15) is 9.18 Å². The van der Waals surface area contributed by atoms with Crippen LogP contribution < -0.4 is 10.5 Å². The number of methoxy groups -OCH3 is 1. The molecule has 0 bridgehead atoms. The molecule has 4 nitrogen and oxygen atoms in total. The first-order valence-corrected chi connectivity index (χ1v) is 6.43. The minimum Gasteiger partial charge on any atom is -0.497 e. The summed E-state index contributed by atoms with van der Waals surface area (Å²) in [5.41, 5.74) is 6.81. The van der Waals surface area contributed by atoms with Crippen LogP contribution in [-0.2, 0) is 11.3 Å². The minimum atomic E-state index is -0.591. The molecule has 110 valence electrons. The Balaban J connectivity index is 2.09. The van der Waals surface area contributed by atoms with Crippen molar-refractivity contribution in [1.29, 1.82) is 0 Å². The van der Waals surface area contributed by atoms with Crippen LogP contribution in [-0.4, -0.2) is 13.1 Å². The monoisotopic (exact) mass is 309 g/mol. The van der Waals surface area contributed by atoms with E-state index in [1.807, 2.05) is 0 Å². The van der Waals surface area contributed by atoms with Crippen molar-refractivity contribution in [3.05, 3.63) is 58.4 Å². The zero-order valence-corrected chi connectivity index (χ0v) is 12.0. The lowest BCUT2D eigenvalue weighted by Gasteiger charge is -2.09. The summed E-state index contributed by atoms with van der Waals surface area (Å²) >= 11 is 5.66. The number of esters is 1. The van der Waals surface area contributed by atoms with E-state index >= 15 is 0 Å². The molecule has 0 atom stereocenters. The fourth-order valence-electron chi connectivity index (χ4n) is 1.70. The molecule has 0 aromatic heterocycles. The lowest BCUT2D eigenvalue weighted by Crippen LogP contribution is -2.08. The summed E-state index contributed by atoms with van der Waals surface area (Å²) < 4.78 is 23.2. The number of hydrogen-bond donors (Lipinski definition) is 1. The molecule has 2 aromatic carbocycles. The van der Waals surface area contributed by atoms with Crippen LogP contribution >= 0.6 is 11.6 Å². The van der Waals surface area contributed by atoms with Crippen molar-refractivity contribution >= 4 is 23.3 Å². The average Bonchev–Trinajstić information content (AvgIpc) is 2.48. The molecule has 2 rings (SSSR count). The second-order valence-electron chi connectivity index (χ2n) is 4.28. The van der Waals surface area contributed by atoms with E-state index in [4.69, 9.17) is 26.8 Å². The summed E-state index contributed by atoms with van der Waals surface area (Å²) in [7, 11) is 1.49. The number of anilines is 1. The highest BCUT2D eigenvalue weighted by atomic mass is 35.5. The Kier molecular flexibility index (Phi) is 4.65. The van der Waals surface area contributed by atoms with Crippen LogP contribution in [0.5, 0.6) is 5.75 Å². The maximum absolute atomic E-state index is 13.0. The molecule has 21 heavy (non-hydrogen) atoms. The Morgan fingerprint density at radius 1 is 1.29 bits per heavy atom. The topological polar surface area (TPSA) is 61.5 Å². The third-order valence-corrected chi connectivity index (χ3v) is 3.12. The third kappa shape index (κ3) is 3.64. The highest BCUT2D eigenvalue weighted by molar-refractivity contribution is 6.30. The third-order valence-electron chi connectivity index (χ3n) is 2.83. The van der Waals surface area contributed by atoms with E-state index < -0.39 is 11.8 Å². The van der Waals surface area contributed by atoms with Gasteiger partial charge in [-0.05, 0) is 35.9 Å². The summed E-state index contributed by atoms with van der Waals surface area (Å²) in [6.07, 6.45) is 0. The maximum Gasteiger partial charge on any atom is 0.340 e. The molecule has 0 saturated heterocycles. The predicted octanol–water partition coefficient (Wildman–Crippen LogP) is 3.43. The van der Waals surface area contributed by atoms with Gasteiger partial charge in [-0.3, -0.25) is 0 Å². The fourth-order valence-corrected chi connectivity index (χ4v) is 1.90. The van der Waals surface area contributed by atoms with Crippen molar-refractivity contribution in [1.82, 2.24) is 0 Å². The standard InChI is InChI=1S/C15H13ClFNO3/c1-20-10-3-5-14(18)11(7-10)15(19)21-8-9-2-4-13(17)12(16)6-9/h2-7H,8,18H2,1H3. The van der Waals surface area contributed by atoms with Gasteiger partial charge in [-0.2, -0.15) is 0 Å². The van der Waals surface area contributed by atoms with Gasteiger partial charge in [-0.15, -0.1) is 0 Å². The molecule has 0 spiro atoms. The van der Waals surface area contributed by atoms with Crippen molar-refractivity contribution in [2.24, 2.45) is 0 Å². The first-order valence-electron chi connectivity index (χ1n) is 6.06. The van der Waals surface area contributed by atoms with Gasteiger partial charge in [0.15, 0.2) is 0 Å². The van der Waals surface area contributed by atoms with Crippen LogP contribution in [0.2, 0.25) is 5.02 Å². The Labute approximate surface area is 126 Å². The highest BCUT2D eigenvalue weighted by Gasteiger charge is 2.13. The zero-order chi connectivity index (χ0) is 15.4. The van der Waals surface area contributed by atoms with Crippen LogP contribution in [0.15, 0.2) is 36.4 Å². The first kappa shape index (κ1) is 15.1. The van der Waals surface area contributed by atoms with Crippen LogP contribution in [0, 0.1) is 5.82 Å². The van der Waals surface area contributed by atoms with Gasteiger partial charge in [0.05, 0.1) is 17.7 Å². The molecule has 0 amide bonds. The zero-order valence-electron chi connectivity index (χ0n) is 11.2. The van der Waals surface area contributed by atoms with Gasteiger partial charge in [0.25, 0.3) is 0 Å². The minimum absolute atomic E-state index is 0.0237. The van der Waals surface area contributed by atoms with Crippen LogP contribution in [0.3, 0.4) is 0 Å². The molecule has 0 aliphatic rings. The number of rotatable bonds is 4. The lowest BCUT2D eigenvalue weighted by molar-refractivity contribution is 0.0473. The van der Waals surface area contributed by atoms with Gasteiger partial charge in [0.1, 0.15) is 18.2 Å². The molecule has 2 N–H and O–H groups in total. The normalized spacial score (nSPS) is 10.2. The van der Waals surface area contributed by atoms with Gasteiger partial charge in [-0.25, -0.2) is 9.18 Å². The quantitative estimate of drug-likeness (QED) is 0.694. The Hall–Kier alpha value is -2.27. The largest absolute Gasteiger partial charge is 0.497 e. The molecule has 0 aliphatic carbocycles. The van der Waals surface area contributed by atoms with Gasteiger partial charge in [0, 0.05) is 5.69 Å². The van der Waals surface area contributed by atoms with E-state index in [-0.39, 0.29) is 22.9 Å². The van der Waals surface area contributed by atoms with E-state index in [0.717, 1.165) is 0 Å². The van der Waals surface area contributed by atoms with Crippen molar-refractivity contribution in [3.63, 3.8) is 0 Å². The molecule has 2 aromatic rings. The van der Waals surface area contributed by atoms with Crippen molar-refractivity contribution in [3.8, 4) is 5.75 Å². The van der Waals surface area contributed by atoms with Gasteiger partial charge >= 0.3 is 5.97 Å². The SMILES string of the molecule is COc1ccc(N)c(C(=O)OCc2ccc(F)c(Cl)c2)c1. The highest BCUT2D eigenvalue weighted by Crippen LogP contribution is 2.21.